The summed E-state index contributed by atoms with van der Waals surface area (Å²) in [6.45, 7) is 0. The normalized spacial score (nSPS) is 11.2. The first kappa shape index (κ1) is 39.9. The molecule has 13 heteroatoms. The highest BCUT2D eigenvalue weighted by Gasteiger charge is 2.30. The lowest BCUT2D eigenvalue weighted by Crippen LogP contribution is -2.07. The van der Waals surface area contributed by atoms with E-state index in [-0.39, 0.29) is 12.8 Å². The Morgan fingerprint density at radius 2 is 0.909 bits per heavy atom. The second-order valence-corrected chi connectivity index (χ2v) is 13.7. The van der Waals surface area contributed by atoms with Gasteiger partial charge in [0.2, 0.25) is 0 Å². The Labute approximate surface area is 267 Å². The third-order valence-corrected chi connectivity index (χ3v) is 10.2. The molecule has 0 saturated heterocycles. The van der Waals surface area contributed by atoms with Gasteiger partial charge in [0.25, 0.3) is 0 Å². The van der Waals surface area contributed by atoms with E-state index in [0.29, 0.717) is 24.3 Å². The Kier molecular flexibility index (Phi) is 22.8. The molecule has 0 bridgehead atoms. The number of carboxylic acid groups (broad SMARTS) is 2. The summed E-state index contributed by atoms with van der Waals surface area (Å²) < 4.78 is 58.1. The third kappa shape index (κ3) is 17.4. The maximum absolute atomic E-state index is 15.0. The van der Waals surface area contributed by atoms with Gasteiger partial charge in [-0.2, -0.15) is 0 Å². The zero-order valence-electron chi connectivity index (χ0n) is 25.5. The van der Waals surface area contributed by atoms with E-state index in [1.807, 2.05) is 0 Å². The van der Waals surface area contributed by atoms with Crippen molar-refractivity contribution in [2.45, 2.75) is 133 Å². The van der Waals surface area contributed by atoms with Crippen LogP contribution in [0.4, 0.5) is 23.2 Å². The van der Waals surface area contributed by atoms with E-state index in [9.17, 15) is 27.2 Å². The highest BCUT2D eigenvalue weighted by Crippen LogP contribution is 2.45. The van der Waals surface area contributed by atoms with E-state index < -0.39 is 51.0 Å². The molecule has 250 valence electrons. The van der Waals surface area contributed by atoms with Crippen molar-refractivity contribution < 1.29 is 37.4 Å². The standard InChI is InChI=1S/C31H47F4N3O4S2/c32-26-25(27(33)29(35)30(28(26)34)37-38-36)31(43-21-17-13-9-5-1-3-7-11-15-19-23(39)40)44-22-18-14-10-6-2-4-8-12-16-20-24(41)42/h31H,1-22H2,(H,39,40)(H,41,42). The molecule has 1 aromatic carbocycles. The van der Waals surface area contributed by atoms with Crippen LogP contribution in [0.1, 0.15) is 139 Å². The van der Waals surface area contributed by atoms with Crippen LogP contribution >= 0.6 is 23.5 Å². The monoisotopic (exact) mass is 665 g/mol. The average Bonchev–Trinajstić information content (AvgIpc) is 2.98. The quantitative estimate of drug-likeness (QED) is 0.0175. The SMILES string of the molecule is [N-]=[N+]=Nc1c(F)c(F)c(C(SCCCCCCCCCCCC(=O)O)SCCCCCCCCCCCC(=O)O)c(F)c1F. The fraction of sp³-hybridized carbons (Fsp3) is 0.742. The van der Waals surface area contributed by atoms with Crippen LogP contribution in [0.15, 0.2) is 5.11 Å². The third-order valence-electron chi connectivity index (χ3n) is 7.26. The molecule has 0 spiro atoms. The number of rotatable bonds is 28. The van der Waals surface area contributed by atoms with Gasteiger partial charge >= 0.3 is 11.9 Å². The number of unbranched alkanes of at least 4 members (excludes halogenated alkanes) is 16. The molecule has 0 fully saturated rings. The maximum Gasteiger partial charge on any atom is 0.303 e. The Morgan fingerprint density at radius 1 is 0.591 bits per heavy atom. The summed E-state index contributed by atoms with van der Waals surface area (Å²) in [5.74, 6) is -6.81. The van der Waals surface area contributed by atoms with Crippen molar-refractivity contribution in [2.75, 3.05) is 11.5 Å². The summed E-state index contributed by atoms with van der Waals surface area (Å²) in [7, 11) is 0. The highest BCUT2D eigenvalue weighted by molar-refractivity contribution is 8.16. The van der Waals surface area contributed by atoms with Gasteiger partial charge in [-0.15, -0.1) is 23.5 Å². The Morgan fingerprint density at radius 3 is 1.23 bits per heavy atom. The number of hydrogen-bond donors (Lipinski definition) is 2. The minimum Gasteiger partial charge on any atom is -0.481 e. The van der Waals surface area contributed by atoms with Crippen LogP contribution < -0.4 is 0 Å². The smallest absolute Gasteiger partial charge is 0.303 e. The van der Waals surface area contributed by atoms with E-state index in [0.717, 1.165) is 103 Å². The number of halogens is 4. The van der Waals surface area contributed by atoms with Gasteiger partial charge in [0, 0.05) is 17.8 Å². The largest absolute Gasteiger partial charge is 0.481 e. The van der Waals surface area contributed by atoms with Crippen molar-refractivity contribution in [3.05, 3.63) is 39.3 Å². The summed E-state index contributed by atoms with van der Waals surface area (Å²) in [6, 6.07) is 0. The molecule has 0 aromatic heterocycles. The number of nitrogens with zero attached hydrogens (tertiary/aromatic N) is 3. The number of aliphatic carboxylic acids is 2. The molecule has 0 heterocycles. The van der Waals surface area contributed by atoms with Gasteiger partial charge in [0.15, 0.2) is 23.3 Å². The molecular formula is C31H47F4N3O4S2. The predicted octanol–water partition coefficient (Wildman–Crippen LogP) is 11.6. The van der Waals surface area contributed by atoms with Gasteiger partial charge in [0.05, 0.1) is 10.1 Å². The minimum atomic E-state index is -1.69. The lowest BCUT2D eigenvalue weighted by atomic mass is 10.1. The van der Waals surface area contributed by atoms with Gasteiger partial charge in [0.1, 0.15) is 5.69 Å². The minimum absolute atomic E-state index is 0.210. The first-order chi connectivity index (χ1) is 21.2. The molecule has 2 N–H and O–H groups in total. The number of azide groups is 1. The lowest BCUT2D eigenvalue weighted by molar-refractivity contribution is -0.138. The van der Waals surface area contributed by atoms with Gasteiger partial charge in [-0.1, -0.05) is 95.0 Å². The van der Waals surface area contributed by atoms with Crippen LogP contribution in [-0.4, -0.2) is 33.7 Å². The molecule has 0 atom stereocenters. The summed E-state index contributed by atoms with van der Waals surface area (Å²) in [5, 5.41) is 20.1. The predicted molar refractivity (Wildman–Crippen MR) is 170 cm³/mol. The van der Waals surface area contributed by atoms with Crippen LogP contribution in [0.5, 0.6) is 0 Å². The Hall–Kier alpha value is -2.11. The number of carbonyl (C=O) groups is 2. The van der Waals surface area contributed by atoms with Crippen LogP contribution in [0, 0.1) is 23.3 Å². The molecule has 0 unspecified atom stereocenters. The van der Waals surface area contributed by atoms with E-state index in [4.69, 9.17) is 15.7 Å². The van der Waals surface area contributed by atoms with E-state index in [1.165, 1.54) is 23.5 Å². The van der Waals surface area contributed by atoms with Gasteiger partial charge in [-0.25, -0.2) is 17.6 Å². The highest BCUT2D eigenvalue weighted by atomic mass is 32.2. The van der Waals surface area contributed by atoms with Crippen LogP contribution in [-0.2, 0) is 9.59 Å². The number of benzene rings is 1. The van der Waals surface area contributed by atoms with E-state index in [2.05, 4.69) is 10.0 Å². The molecule has 7 nitrogen and oxygen atoms in total. The van der Waals surface area contributed by atoms with E-state index >= 15 is 0 Å². The van der Waals surface area contributed by atoms with Gasteiger partial charge in [-0.05, 0) is 42.7 Å². The number of hydrogen-bond acceptors (Lipinski definition) is 5. The fourth-order valence-electron chi connectivity index (χ4n) is 4.80. The average molecular weight is 666 g/mol. The van der Waals surface area contributed by atoms with Crippen LogP contribution in [0.25, 0.3) is 10.4 Å². The Bertz CT molecular complexity index is 979. The van der Waals surface area contributed by atoms with Crippen molar-refractivity contribution in [1.29, 1.82) is 0 Å². The zero-order valence-corrected chi connectivity index (χ0v) is 27.1. The van der Waals surface area contributed by atoms with Crippen molar-refractivity contribution in [3.8, 4) is 0 Å². The molecule has 0 aliphatic rings. The fourth-order valence-corrected chi connectivity index (χ4v) is 7.68. The summed E-state index contributed by atoms with van der Waals surface area (Å²) in [6.07, 6.45) is 17.5. The van der Waals surface area contributed by atoms with Crippen molar-refractivity contribution in [3.63, 3.8) is 0 Å². The molecule has 0 aliphatic carbocycles. The lowest BCUT2D eigenvalue weighted by Gasteiger charge is -2.19. The number of carboxylic acids is 2. The summed E-state index contributed by atoms with van der Waals surface area (Å²) in [5.41, 5.74) is 6.57. The number of thioether (sulfide) groups is 2. The Balaban J connectivity index is 2.51. The first-order valence-electron chi connectivity index (χ1n) is 15.8. The summed E-state index contributed by atoms with van der Waals surface area (Å²) in [4.78, 5) is 23.3. The molecule has 0 radical (unpaired) electrons. The first-order valence-corrected chi connectivity index (χ1v) is 17.9. The second-order valence-electron chi connectivity index (χ2n) is 10.9. The molecule has 0 amide bonds. The maximum atomic E-state index is 15.0. The van der Waals surface area contributed by atoms with Crippen LogP contribution in [0.2, 0.25) is 0 Å². The molecular weight excluding hydrogens is 618 g/mol. The molecule has 1 rings (SSSR count). The van der Waals surface area contributed by atoms with Crippen molar-refractivity contribution in [2.24, 2.45) is 5.11 Å². The van der Waals surface area contributed by atoms with Crippen molar-refractivity contribution >= 4 is 41.1 Å². The van der Waals surface area contributed by atoms with Gasteiger partial charge in [-0.3, -0.25) is 9.59 Å². The van der Waals surface area contributed by atoms with E-state index in [1.54, 1.807) is 0 Å². The summed E-state index contributed by atoms with van der Waals surface area (Å²) >= 11 is 2.53. The molecule has 0 saturated carbocycles. The zero-order chi connectivity index (χ0) is 32.6. The van der Waals surface area contributed by atoms with Crippen LogP contribution in [0.3, 0.4) is 0 Å². The molecule has 0 aliphatic heterocycles. The topological polar surface area (TPSA) is 123 Å². The molecule has 1 aromatic rings. The second kappa shape index (κ2) is 25.1. The molecule has 44 heavy (non-hydrogen) atoms. The van der Waals surface area contributed by atoms with Crippen molar-refractivity contribution in [1.82, 2.24) is 0 Å². The van der Waals surface area contributed by atoms with Gasteiger partial charge < -0.3 is 10.2 Å².